The monoisotopic (exact) mass is 500 g/mol. The molecule has 0 aliphatic carbocycles. The van der Waals surface area contributed by atoms with Crippen molar-refractivity contribution in [3.8, 4) is 5.75 Å². The van der Waals surface area contributed by atoms with E-state index in [0.717, 1.165) is 27.9 Å². The van der Waals surface area contributed by atoms with Crippen LogP contribution in [0.25, 0.3) is 0 Å². The quantitative estimate of drug-likeness (QED) is 0.630. The van der Waals surface area contributed by atoms with Gasteiger partial charge in [-0.1, -0.05) is 6.07 Å². The van der Waals surface area contributed by atoms with Crippen LogP contribution in [0, 0.1) is 17.6 Å². The molecule has 2 amide bonds. The molecule has 0 radical (unpaired) electrons. The van der Waals surface area contributed by atoms with E-state index in [1.807, 2.05) is 0 Å². The van der Waals surface area contributed by atoms with Crippen molar-refractivity contribution in [2.75, 3.05) is 18.1 Å². The van der Waals surface area contributed by atoms with Gasteiger partial charge in [0, 0.05) is 37.5 Å². The van der Waals surface area contributed by atoms with Gasteiger partial charge in [0.25, 0.3) is 11.8 Å². The van der Waals surface area contributed by atoms with Crippen LogP contribution in [0.4, 0.5) is 22.0 Å². The zero-order valence-electron chi connectivity index (χ0n) is 18.4. The van der Waals surface area contributed by atoms with Gasteiger partial charge in [-0.05, 0) is 25.8 Å². The second kappa shape index (κ2) is 8.86. The van der Waals surface area contributed by atoms with Gasteiger partial charge in [-0.15, -0.1) is 0 Å². The molecule has 2 atom stereocenters. The van der Waals surface area contributed by atoms with Gasteiger partial charge in [0.15, 0.2) is 11.4 Å². The number of nitrogens with zero attached hydrogens (tertiary/aromatic N) is 3. The lowest BCUT2D eigenvalue weighted by atomic mass is 9.93. The number of alkyl halides is 3. The SMILES string of the molecule is CCN1C(=O)c2c(O)c(=O)c(C(=O)NCc3ccc(F)cc3F)cn2N2CC[C@H](C(F)(F)F)C[C@@H]12. The van der Waals surface area contributed by atoms with E-state index >= 15 is 0 Å². The van der Waals surface area contributed by atoms with E-state index < -0.39 is 77.1 Å². The maximum Gasteiger partial charge on any atom is 0.392 e. The molecule has 0 saturated carbocycles. The van der Waals surface area contributed by atoms with Crippen LogP contribution in [0.1, 0.15) is 46.2 Å². The number of carbonyl (C=O) groups excluding carboxylic acids is 2. The molecule has 1 aromatic heterocycles. The van der Waals surface area contributed by atoms with Crippen molar-refractivity contribution in [1.82, 2.24) is 14.9 Å². The van der Waals surface area contributed by atoms with Crippen LogP contribution >= 0.6 is 0 Å². The number of aromatic nitrogens is 1. The lowest BCUT2D eigenvalue weighted by molar-refractivity contribution is -0.185. The number of pyridine rings is 1. The summed E-state index contributed by atoms with van der Waals surface area (Å²) in [6.07, 6.45) is -5.18. The summed E-state index contributed by atoms with van der Waals surface area (Å²) in [6, 6.07) is 2.71. The van der Waals surface area contributed by atoms with Crippen molar-refractivity contribution < 1.29 is 36.6 Å². The summed E-state index contributed by atoms with van der Waals surface area (Å²) in [7, 11) is 0. The standard InChI is InChI=1S/C22H21F5N4O4/c1-2-29-16-7-12(22(25,26)27)5-6-30(16)31-10-14(18(32)19(33)17(31)21(29)35)20(34)28-9-11-3-4-13(23)8-15(11)24/h3-4,8,10,12,16,33H,2,5-7,9H2,1H3,(H,28,34)/t12-,16-/m0/s1. The Morgan fingerprint density at radius 3 is 2.57 bits per heavy atom. The summed E-state index contributed by atoms with van der Waals surface area (Å²) in [5, 5.41) is 14.2. The highest BCUT2D eigenvalue weighted by Gasteiger charge is 2.49. The first-order valence-electron chi connectivity index (χ1n) is 10.8. The van der Waals surface area contributed by atoms with E-state index in [2.05, 4.69) is 5.32 Å². The van der Waals surface area contributed by atoms with Gasteiger partial charge in [-0.25, -0.2) is 8.78 Å². The number of carbonyl (C=O) groups is 2. The molecule has 2 aromatic rings. The van der Waals surface area contributed by atoms with Crippen molar-refractivity contribution >= 4 is 11.8 Å². The van der Waals surface area contributed by atoms with E-state index in [0.29, 0.717) is 6.07 Å². The molecule has 35 heavy (non-hydrogen) atoms. The van der Waals surface area contributed by atoms with Crippen LogP contribution in [-0.2, 0) is 6.54 Å². The minimum absolute atomic E-state index is 0.0314. The summed E-state index contributed by atoms with van der Waals surface area (Å²) in [5.41, 5.74) is -2.28. The van der Waals surface area contributed by atoms with Crippen molar-refractivity contribution in [3.05, 3.63) is 63.1 Å². The molecule has 2 N–H and O–H groups in total. The lowest BCUT2D eigenvalue weighted by Gasteiger charge is -2.50. The molecule has 0 unspecified atom stereocenters. The predicted molar refractivity (Wildman–Crippen MR) is 112 cm³/mol. The summed E-state index contributed by atoms with van der Waals surface area (Å²) in [6.45, 7) is 1.03. The lowest BCUT2D eigenvalue weighted by Crippen LogP contribution is -2.64. The molecule has 188 valence electrons. The Morgan fingerprint density at radius 1 is 1.23 bits per heavy atom. The average Bonchev–Trinajstić information content (AvgIpc) is 2.79. The number of halogens is 5. The van der Waals surface area contributed by atoms with Crippen molar-refractivity contribution in [3.63, 3.8) is 0 Å². The maximum atomic E-state index is 13.9. The predicted octanol–water partition coefficient (Wildman–Crippen LogP) is 2.47. The third-order valence-electron chi connectivity index (χ3n) is 6.31. The summed E-state index contributed by atoms with van der Waals surface area (Å²) in [4.78, 5) is 39.6. The highest BCUT2D eigenvalue weighted by Crippen LogP contribution is 2.39. The Bertz CT molecular complexity index is 1250. The van der Waals surface area contributed by atoms with E-state index in [9.17, 15) is 41.4 Å². The minimum Gasteiger partial charge on any atom is -0.502 e. The number of hydrogen-bond acceptors (Lipinski definition) is 5. The topological polar surface area (TPSA) is 94.9 Å². The van der Waals surface area contributed by atoms with Crippen LogP contribution in [0.15, 0.2) is 29.2 Å². The van der Waals surface area contributed by atoms with Crippen LogP contribution in [0.3, 0.4) is 0 Å². The number of amides is 2. The Hall–Kier alpha value is -3.64. The molecule has 3 heterocycles. The first-order chi connectivity index (χ1) is 16.4. The normalized spacial score (nSPS) is 19.9. The molecule has 1 fully saturated rings. The van der Waals surface area contributed by atoms with Crippen LogP contribution in [0.2, 0.25) is 0 Å². The number of nitrogens with one attached hydrogen (secondary N) is 1. The summed E-state index contributed by atoms with van der Waals surface area (Å²) < 4.78 is 68.1. The second-order valence-electron chi connectivity index (χ2n) is 8.33. The van der Waals surface area contributed by atoms with E-state index in [1.165, 1.54) is 5.01 Å². The average molecular weight is 500 g/mol. The Kier molecular flexibility index (Phi) is 6.20. The molecule has 1 aromatic carbocycles. The molecular weight excluding hydrogens is 479 g/mol. The molecule has 2 aliphatic rings. The van der Waals surface area contributed by atoms with Crippen LogP contribution in [0.5, 0.6) is 5.75 Å². The first-order valence-corrected chi connectivity index (χ1v) is 10.8. The maximum absolute atomic E-state index is 13.9. The van der Waals surface area contributed by atoms with Crippen LogP contribution in [-0.4, -0.2) is 51.9 Å². The van der Waals surface area contributed by atoms with Gasteiger partial charge in [0.1, 0.15) is 23.4 Å². The van der Waals surface area contributed by atoms with Gasteiger partial charge in [-0.2, -0.15) is 13.2 Å². The molecule has 1 saturated heterocycles. The number of rotatable bonds is 4. The summed E-state index contributed by atoms with van der Waals surface area (Å²) in [5.74, 6) is -6.26. The van der Waals surface area contributed by atoms with Gasteiger partial charge in [-0.3, -0.25) is 24.1 Å². The van der Waals surface area contributed by atoms with Gasteiger partial charge in [0.05, 0.1) is 5.92 Å². The van der Waals surface area contributed by atoms with Gasteiger partial charge >= 0.3 is 6.18 Å². The number of benzene rings is 1. The van der Waals surface area contributed by atoms with Gasteiger partial charge < -0.3 is 15.3 Å². The molecule has 0 spiro atoms. The third-order valence-corrected chi connectivity index (χ3v) is 6.31. The fourth-order valence-corrected chi connectivity index (χ4v) is 4.48. The zero-order chi connectivity index (χ0) is 25.7. The minimum atomic E-state index is -4.46. The Morgan fingerprint density at radius 2 is 1.94 bits per heavy atom. The van der Waals surface area contributed by atoms with E-state index in [1.54, 1.807) is 6.92 Å². The second-order valence-corrected chi connectivity index (χ2v) is 8.33. The Balaban J connectivity index is 1.69. The first kappa shape index (κ1) is 24.5. The molecule has 0 bridgehead atoms. The van der Waals surface area contributed by atoms with Crippen molar-refractivity contribution in [2.45, 2.75) is 38.7 Å². The molecule has 13 heteroatoms. The molecular formula is C22H21F5N4O4. The highest BCUT2D eigenvalue weighted by atomic mass is 19.4. The molecule has 8 nitrogen and oxygen atoms in total. The number of aromatic hydroxyl groups is 1. The van der Waals surface area contributed by atoms with E-state index in [4.69, 9.17) is 0 Å². The zero-order valence-corrected chi connectivity index (χ0v) is 18.4. The summed E-state index contributed by atoms with van der Waals surface area (Å²) >= 11 is 0. The van der Waals surface area contributed by atoms with Gasteiger partial charge in [0.2, 0.25) is 5.43 Å². The largest absolute Gasteiger partial charge is 0.502 e. The van der Waals surface area contributed by atoms with Crippen molar-refractivity contribution in [1.29, 1.82) is 0 Å². The highest BCUT2D eigenvalue weighted by molar-refractivity contribution is 5.99. The number of fused-ring (bicyclic) bond motifs is 3. The number of hydrogen-bond donors (Lipinski definition) is 2. The fourth-order valence-electron chi connectivity index (χ4n) is 4.48. The van der Waals surface area contributed by atoms with Crippen LogP contribution < -0.4 is 15.8 Å². The van der Waals surface area contributed by atoms with Crippen molar-refractivity contribution in [2.24, 2.45) is 5.92 Å². The fraction of sp³-hybridized carbons (Fsp3) is 0.409. The number of piperidine rings is 1. The third kappa shape index (κ3) is 4.30. The Labute approximate surface area is 195 Å². The molecule has 2 aliphatic heterocycles. The molecule has 4 rings (SSSR count). The van der Waals surface area contributed by atoms with E-state index in [-0.39, 0.29) is 25.1 Å². The smallest absolute Gasteiger partial charge is 0.392 e.